The molecule has 1 aliphatic carbocycles. The van der Waals surface area contributed by atoms with E-state index >= 15 is 0 Å². The number of aryl methyl sites for hydroxylation is 2. The van der Waals surface area contributed by atoms with Crippen LogP contribution in [-0.4, -0.2) is 12.6 Å². The molecule has 0 amide bonds. The third-order valence-corrected chi connectivity index (χ3v) is 21.4. The van der Waals surface area contributed by atoms with Crippen LogP contribution in [0, 0.1) is 6.92 Å². The van der Waals surface area contributed by atoms with E-state index in [1.807, 2.05) is 11.3 Å². The Morgan fingerprint density at radius 3 is 2.16 bits per heavy atom. The van der Waals surface area contributed by atoms with Gasteiger partial charge in [-0.1, -0.05) is 139 Å². The van der Waals surface area contributed by atoms with Crippen LogP contribution in [-0.2, 0) is 13.0 Å². The predicted molar refractivity (Wildman–Crippen MR) is 301 cm³/mol. The number of hydrogen-bond donors (Lipinski definition) is 0. The van der Waals surface area contributed by atoms with E-state index in [1.54, 1.807) is 10.8 Å². The van der Waals surface area contributed by atoms with Gasteiger partial charge < -0.3 is 0 Å². The summed E-state index contributed by atoms with van der Waals surface area (Å²) in [5, 5.41) is 4.42. The summed E-state index contributed by atoms with van der Waals surface area (Å²) in [5.74, 6) is 2.83. The lowest BCUT2D eigenvalue weighted by Crippen LogP contribution is -2.53. The topological polar surface area (TPSA) is 12.7 Å². The minimum Gasteiger partial charge on any atom is -0.190 e. The van der Waals surface area contributed by atoms with Crippen molar-refractivity contribution < 1.29 is 9.13 Å². The van der Waals surface area contributed by atoms with Gasteiger partial charge in [0.15, 0.2) is 22.9 Å². The molecule has 3 aromatic heterocycles. The normalized spacial score (nSPS) is 17.3. The molecule has 4 aliphatic rings. The first-order valence-electron chi connectivity index (χ1n) is 26.5. The summed E-state index contributed by atoms with van der Waals surface area (Å²) in [4.78, 5) is 0. The summed E-state index contributed by atoms with van der Waals surface area (Å²) in [6.07, 6.45) is 12.6. The Morgan fingerprint density at radius 1 is 0.671 bits per heavy atom. The molecule has 0 spiro atoms. The minimum atomic E-state index is -1.91. The van der Waals surface area contributed by atoms with Gasteiger partial charge in [0.25, 0.3) is 0 Å². The van der Waals surface area contributed by atoms with Gasteiger partial charge in [0.1, 0.15) is 5.69 Å². The maximum atomic E-state index is 5.25. The van der Waals surface area contributed by atoms with Crippen LogP contribution in [0.25, 0.3) is 76.4 Å². The van der Waals surface area contributed by atoms with Crippen LogP contribution in [0.2, 0.25) is 19.1 Å². The molecule has 3 aliphatic heterocycles. The molecule has 9 aromatic rings. The first-order chi connectivity index (χ1) is 33.9. The largest absolute Gasteiger partial charge is 0.300 e. The van der Waals surface area contributed by atoms with Crippen molar-refractivity contribution in [2.45, 2.75) is 135 Å². The van der Waals surface area contributed by atoms with Crippen molar-refractivity contribution in [3.05, 3.63) is 174 Å². The molecule has 5 heteroatoms. The number of fused-ring (bicyclic) bond motifs is 11. The summed E-state index contributed by atoms with van der Waals surface area (Å²) in [6, 6.07) is 50.9. The number of nitrogens with zero attached hydrogens (tertiary/aromatic N) is 3. The van der Waals surface area contributed by atoms with E-state index in [-0.39, 0.29) is 11.8 Å². The van der Waals surface area contributed by atoms with Gasteiger partial charge in [0.05, 0.1) is 13.6 Å². The quantitative estimate of drug-likeness (QED) is 0.120. The highest BCUT2D eigenvalue weighted by Gasteiger charge is 2.40. The lowest BCUT2D eigenvalue weighted by molar-refractivity contribution is -0.694. The number of rotatable bonds is 5. The molecule has 1 unspecified atom stereocenters. The maximum absolute atomic E-state index is 5.25. The molecule has 1 atom stereocenters. The molecule has 70 heavy (non-hydrogen) atoms. The fourth-order valence-electron chi connectivity index (χ4n) is 13.2. The monoisotopic (exact) mass is 951 g/mol. The van der Waals surface area contributed by atoms with E-state index in [4.69, 9.17) is 6.58 Å². The average Bonchev–Trinajstić information content (AvgIpc) is 3.91. The zero-order valence-electron chi connectivity index (χ0n) is 42.5. The van der Waals surface area contributed by atoms with Gasteiger partial charge in [-0.05, 0) is 151 Å². The van der Waals surface area contributed by atoms with Crippen LogP contribution < -0.4 is 14.3 Å². The Hall–Kier alpha value is -5.88. The van der Waals surface area contributed by atoms with Crippen molar-refractivity contribution in [2.24, 2.45) is 0 Å². The van der Waals surface area contributed by atoms with E-state index in [9.17, 15) is 0 Å². The zero-order valence-corrected chi connectivity index (χ0v) is 44.4. The molecule has 3 nitrogen and oxygen atoms in total. The minimum absolute atomic E-state index is 0.272. The third kappa shape index (κ3) is 7.57. The fraction of sp³-hybridized carbons (Fsp3) is 0.323. The first kappa shape index (κ1) is 45.3. The molecular formula is C65H69N3SSi+2. The summed E-state index contributed by atoms with van der Waals surface area (Å²) in [7, 11) is -1.91. The number of allylic oxidation sites excluding steroid dienone is 1. The van der Waals surface area contributed by atoms with Gasteiger partial charge in [0, 0.05) is 48.1 Å². The van der Waals surface area contributed by atoms with Crippen molar-refractivity contribution in [1.82, 2.24) is 4.57 Å². The van der Waals surface area contributed by atoms with Crippen molar-refractivity contribution in [1.29, 1.82) is 0 Å². The van der Waals surface area contributed by atoms with E-state index in [0.717, 1.165) is 18.5 Å². The van der Waals surface area contributed by atoms with Crippen LogP contribution in [0.15, 0.2) is 140 Å². The highest BCUT2D eigenvalue weighted by atomic mass is 32.1. The molecule has 0 radical (unpaired) electrons. The maximum Gasteiger partial charge on any atom is 0.300 e. The van der Waals surface area contributed by atoms with Crippen LogP contribution in [0.3, 0.4) is 0 Å². The van der Waals surface area contributed by atoms with E-state index in [2.05, 4.69) is 195 Å². The molecule has 0 saturated heterocycles. The molecule has 352 valence electrons. The second-order valence-corrected chi connectivity index (χ2v) is 28.4. The van der Waals surface area contributed by atoms with E-state index < -0.39 is 8.07 Å². The van der Waals surface area contributed by atoms with E-state index in [1.165, 1.54) is 143 Å². The van der Waals surface area contributed by atoms with Crippen molar-refractivity contribution in [3.63, 3.8) is 0 Å². The van der Waals surface area contributed by atoms with Crippen molar-refractivity contribution in [3.8, 4) is 39.5 Å². The van der Waals surface area contributed by atoms with Gasteiger partial charge in [-0.15, -0.1) is 11.3 Å². The second kappa shape index (κ2) is 17.8. The Kier molecular flexibility index (Phi) is 11.5. The molecule has 6 aromatic carbocycles. The van der Waals surface area contributed by atoms with Crippen LogP contribution in [0.1, 0.15) is 130 Å². The number of aromatic nitrogens is 3. The lowest BCUT2D eigenvalue weighted by atomic mass is 9.82. The fourth-order valence-corrected chi connectivity index (χ4v) is 17.3. The second-order valence-electron chi connectivity index (χ2n) is 22.5. The molecule has 1 fully saturated rings. The molecule has 1 saturated carbocycles. The predicted octanol–water partition coefficient (Wildman–Crippen LogP) is 16.7. The average molecular weight is 952 g/mol. The van der Waals surface area contributed by atoms with Gasteiger partial charge in [-0.25, -0.2) is 0 Å². The number of hydrogen-bond acceptors (Lipinski definition) is 1. The standard InChI is InChI=1S/C65H69N3SSi/c1-41(2)52-34-49(45-21-11-9-12-22-45)35-53(42(3)4)64(52)68-58-28-18-17-27-57(58)67-44(6)39-66-40-62-54(46-23-13-10-14-24-46)38-59(66)51-26-16-15-25-50(51)47(32-33-70(62,7)8)30-31-48-36-61-56(37-55(48)65(67)68)63-43(5)20-19-29-60(63)69-61/h9,11-12,15-22,25-29,34-38,40-42,46-47H,6,10,13-14,23-24,30-33,39H2,1-5,7-8H3/q+2. The van der Waals surface area contributed by atoms with Gasteiger partial charge >= 0.3 is 5.82 Å². The third-order valence-electron chi connectivity index (χ3n) is 16.9. The van der Waals surface area contributed by atoms with E-state index in [0.29, 0.717) is 18.4 Å². The first-order valence-corrected chi connectivity index (χ1v) is 30.6. The summed E-state index contributed by atoms with van der Waals surface area (Å²) in [6.45, 7) is 23.2. The highest BCUT2D eigenvalue weighted by molar-refractivity contribution is 7.25. The van der Waals surface area contributed by atoms with Crippen molar-refractivity contribution >= 4 is 61.5 Å². The van der Waals surface area contributed by atoms with Gasteiger partial charge in [-0.2, -0.15) is 13.7 Å². The van der Waals surface area contributed by atoms with Gasteiger partial charge in [0.2, 0.25) is 12.2 Å². The number of thiophene rings is 1. The SMILES string of the molecule is C=C1C[n+]2cc3c(C4CCCCC4)cc2-c2ccccc2C(CCc2cc4sc5cccc(C)c5c4cc2-c2n(-c4c(C(C)C)cc(-c5ccccc5)cc4C(C)C)c4ccccc4[n+]21)CC[Si]3(C)C. The number of pyridine rings is 1. The molecule has 13 rings (SSSR count). The Labute approximate surface area is 421 Å². The Balaban J connectivity index is 1.22. The molecular weight excluding hydrogens is 883 g/mol. The molecule has 6 heterocycles. The molecule has 4 bridgehead atoms. The summed E-state index contributed by atoms with van der Waals surface area (Å²) >= 11 is 1.96. The summed E-state index contributed by atoms with van der Waals surface area (Å²) < 4.78 is 10.7. The van der Waals surface area contributed by atoms with Gasteiger partial charge in [-0.3, -0.25) is 0 Å². The lowest BCUT2D eigenvalue weighted by Gasteiger charge is -2.33. The zero-order chi connectivity index (χ0) is 48.0. The smallest absolute Gasteiger partial charge is 0.190 e. The number of imidazole rings is 1. The summed E-state index contributed by atoms with van der Waals surface area (Å²) in [5.41, 5.74) is 20.2. The number of benzene rings is 6. The Bertz CT molecular complexity index is 3500. The van der Waals surface area contributed by atoms with Crippen LogP contribution in [0.5, 0.6) is 0 Å². The number of para-hydroxylation sites is 2. The van der Waals surface area contributed by atoms with Crippen LogP contribution >= 0.6 is 11.3 Å². The van der Waals surface area contributed by atoms with Crippen LogP contribution in [0.4, 0.5) is 0 Å². The Morgan fingerprint density at radius 2 is 1.39 bits per heavy atom. The molecule has 0 N–H and O–H groups in total. The van der Waals surface area contributed by atoms with Crippen molar-refractivity contribution in [2.75, 3.05) is 0 Å². The highest BCUT2D eigenvalue weighted by Crippen LogP contribution is 2.46.